The van der Waals surface area contributed by atoms with Crippen molar-refractivity contribution in [3.05, 3.63) is 87.9 Å². The largest absolute Gasteiger partial charge is 0.384 e. The summed E-state index contributed by atoms with van der Waals surface area (Å²) in [6.07, 6.45) is 1.24. The molecule has 0 saturated carbocycles. The average molecular weight is 451 g/mol. The Labute approximate surface area is 196 Å². The minimum Gasteiger partial charge on any atom is -0.384 e. The molecule has 2 heterocycles. The van der Waals surface area contributed by atoms with Crippen molar-refractivity contribution in [2.24, 2.45) is 0 Å². The van der Waals surface area contributed by atoms with E-state index in [0.29, 0.717) is 11.1 Å². The van der Waals surface area contributed by atoms with Gasteiger partial charge in [-0.2, -0.15) is 0 Å². The average Bonchev–Trinajstić information content (AvgIpc) is 2.82. The summed E-state index contributed by atoms with van der Waals surface area (Å²) in [6, 6.07) is 13.4. The molecule has 3 N–H and O–H groups in total. The second-order valence-electron chi connectivity index (χ2n) is 7.44. The molecule has 0 spiro atoms. The van der Waals surface area contributed by atoms with Crippen LogP contribution in [-0.4, -0.2) is 39.8 Å². The van der Waals surface area contributed by atoms with E-state index in [4.69, 9.17) is 18.4 Å². The lowest BCUT2D eigenvalue weighted by Crippen LogP contribution is -2.26. The van der Waals surface area contributed by atoms with Crippen LogP contribution in [0.25, 0.3) is 16.5 Å². The smallest absolute Gasteiger partial charge is 0.263 e. The minimum absolute atomic E-state index is 0.0374. The first-order valence-electron chi connectivity index (χ1n) is 10.3. The lowest BCUT2D eigenvalue weighted by Gasteiger charge is -2.18. The lowest BCUT2D eigenvalue weighted by atomic mass is 9.95. The SMILES string of the molecule is [B]c1ncnc(NCc2cc3cccc(C)c3c(=O)n2-c2ccccc2F)c1C(=N)C#CCO. The highest BCUT2D eigenvalue weighted by Gasteiger charge is 2.17. The van der Waals surface area contributed by atoms with E-state index in [1.165, 1.54) is 17.0 Å². The summed E-state index contributed by atoms with van der Waals surface area (Å²) in [5, 5.41) is 21.4. The van der Waals surface area contributed by atoms with Gasteiger partial charge < -0.3 is 10.4 Å². The minimum atomic E-state index is -0.535. The number of halogens is 1. The second kappa shape index (κ2) is 9.69. The summed E-state index contributed by atoms with van der Waals surface area (Å²) in [4.78, 5) is 21.6. The van der Waals surface area contributed by atoms with Crippen LogP contribution in [0.4, 0.5) is 10.2 Å². The van der Waals surface area contributed by atoms with Gasteiger partial charge in [0, 0.05) is 11.3 Å². The summed E-state index contributed by atoms with van der Waals surface area (Å²) in [6.45, 7) is 1.49. The zero-order valence-corrected chi connectivity index (χ0v) is 18.3. The molecule has 166 valence electrons. The number of aliphatic hydroxyl groups is 1. The molecule has 4 aromatic rings. The van der Waals surface area contributed by atoms with Crippen LogP contribution < -0.4 is 16.5 Å². The molecular formula is C25H19BFN5O2. The maximum atomic E-state index is 14.8. The molecule has 2 aromatic heterocycles. The fourth-order valence-corrected chi connectivity index (χ4v) is 3.76. The maximum Gasteiger partial charge on any atom is 0.263 e. The predicted molar refractivity (Wildman–Crippen MR) is 131 cm³/mol. The Morgan fingerprint density at radius 2 is 2.03 bits per heavy atom. The number of para-hydroxylation sites is 1. The molecule has 0 aliphatic rings. The van der Waals surface area contributed by atoms with Crippen molar-refractivity contribution in [2.45, 2.75) is 13.5 Å². The van der Waals surface area contributed by atoms with E-state index in [1.807, 2.05) is 31.2 Å². The molecule has 0 aliphatic heterocycles. The Morgan fingerprint density at radius 3 is 2.79 bits per heavy atom. The second-order valence-corrected chi connectivity index (χ2v) is 7.44. The third kappa shape index (κ3) is 4.31. The number of hydrogen-bond donors (Lipinski definition) is 3. The van der Waals surface area contributed by atoms with Crippen molar-refractivity contribution in [3.8, 4) is 17.5 Å². The van der Waals surface area contributed by atoms with Crippen LogP contribution in [0.3, 0.4) is 0 Å². The lowest BCUT2D eigenvalue weighted by molar-refractivity contribution is 0.350. The summed E-state index contributed by atoms with van der Waals surface area (Å²) in [5.74, 6) is 4.58. The molecular weight excluding hydrogens is 432 g/mol. The third-order valence-electron chi connectivity index (χ3n) is 5.28. The van der Waals surface area contributed by atoms with Gasteiger partial charge in [-0.25, -0.2) is 9.37 Å². The molecule has 0 bridgehead atoms. The molecule has 34 heavy (non-hydrogen) atoms. The topological polar surface area (TPSA) is 104 Å². The normalized spacial score (nSPS) is 10.6. The predicted octanol–water partition coefficient (Wildman–Crippen LogP) is 2.00. The number of anilines is 1. The summed E-state index contributed by atoms with van der Waals surface area (Å²) >= 11 is 0. The van der Waals surface area contributed by atoms with E-state index in [-0.39, 0.29) is 40.5 Å². The number of fused-ring (bicyclic) bond motifs is 1. The first kappa shape index (κ1) is 22.9. The number of nitrogens with one attached hydrogen (secondary N) is 2. The number of pyridine rings is 1. The summed E-state index contributed by atoms with van der Waals surface area (Å²) in [5.41, 5.74) is 1.07. The Bertz CT molecular complexity index is 1540. The van der Waals surface area contributed by atoms with Gasteiger partial charge in [0.15, 0.2) is 0 Å². The van der Waals surface area contributed by atoms with E-state index in [1.54, 1.807) is 18.2 Å². The van der Waals surface area contributed by atoms with E-state index >= 15 is 0 Å². The van der Waals surface area contributed by atoms with Crippen LogP contribution in [-0.2, 0) is 6.54 Å². The number of rotatable bonds is 5. The Morgan fingerprint density at radius 1 is 1.24 bits per heavy atom. The van der Waals surface area contributed by atoms with Crippen molar-refractivity contribution in [1.29, 1.82) is 5.41 Å². The number of aryl methyl sites for hydroxylation is 1. The number of aromatic nitrogens is 3. The van der Waals surface area contributed by atoms with Crippen LogP contribution in [0, 0.1) is 30.0 Å². The van der Waals surface area contributed by atoms with Gasteiger partial charge in [-0.1, -0.05) is 36.3 Å². The number of aliphatic hydroxyl groups excluding tert-OH is 1. The standard InChI is InChI=1S/C25H19BFN5O2/c1-15-6-4-7-16-12-17(32(25(34)21(15)16)20-10-3-2-8-18(20)27)13-29-24-22(19(28)9-5-11-33)23(26)30-14-31-24/h2-4,6-8,10,12,14,28,33H,11,13H2,1H3,(H,29,30,31). The summed E-state index contributed by atoms with van der Waals surface area (Å²) < 4.78 is 16.1. The van der Waals surface area contributed by atoms with Gasteiger partial charge >= 0.3 is 0 Å². The quantitative estimate of drug-likeness (QED) is 0.245. The van der Waals surface area contributed by atoms with Crippen LogP contribution in [0.1, 0.15) is 16.8 Å². The summed E-state index contributed by atoms with van der Waals surface area (Å²) in [7, 11) is 5.95. The van der Waals surface area contributed by atoms with Crippen LogP contribution in [0.15, 0.2) is 59.7 Å². The van der Waals surface area contributed by atoms with Crippen LogP contribution >= 0.6 is 0 Å². The Kier molecular flexibility index (Phi) is 6.52. The number of nitrogens with zero attached hydrogens (tertiary/aromatic N) is 3. The van der Waals surface area contributed by atoms with E-state index in [9.17, 15) is 9.18 Å². The molecule has 0 aliphatic carbocycles. The monoisotopic (exact) mass is 451 g/mol. The van der Waals surface area contributed by atoms with Crippen molar-refractivity contribution >= 4 is 35.7 Å². The zero-order chi connectivity index (χ0) is 24.2. The van der Waals surface area contributed by atoms with Crippen LogP contribution in [0.5, 0.6) is 0 Å². The molecule has 7 nitrogen and oxygen atoms in total. The fourth-order valence-electron chi connectivity index (χ4n) is 3.76. The third-order valence-corrected chi connectivity index (χ3v) is 5.28. The van der Waals surface area contributed by atoms with E-state index in [2.05, 4.69) is 27.1 Å². The van der Waals surface area contributed by atoms with E-state index in [0.717, 1.165) is 10.9 Å². The van der Waals surface area contributed by atoms with Crippen molar-refractivity contribution < 1.29 is 9.50 Å². The first-order chi connectivity index (χ1) is 16.4. The zero-order valence-electron chi connectivity index (χ0n) is 18.3. The Balaban J connectivity index is 1.85. The molecule has 0 atom stereocenters. The van der Waals surface area contributed by atoms with Gasteiger partial charge in [-0.15, -0.1) is 0 Å². The van der Waals surface area contributed by atoms with Gasteiger partial charge in [0.2, 0.25) is 0 Å². The molecule has 2 radical (unpaired) electrons. The van der Waals surface area contributed by atoms with Crippen molar-refractivity contribution in [1.82, 2.24) is 14.5 Å². The van der Waals surface area contributed by atoms with Gasteiger partial charge in [0.05, 0.1) is 23.2 Å². The van der Waals surface area contributed by atoms with Gasteiger partial charge in [-0.05, 0) is 42.0 Å². The van der Waals surface area contributed by atoms with Gasteiger partial charge in [0.25, 0.3) is 5.56 Å². The molecule has 0 fully saturated rings. The number of benzene rings is 2. The first-order valence-corrected chi connectivity index (χ1v) is 10.3. The van der Waals surface area contributed by atoms with Gasteiger partial charge in [0.1, 0.15) is 38.1 Å². The highest BCUT2D eigenvalue weighted by Crippen LogP contribution is 2.21. The molecule has 2 aromatic carbocycles. The fraction of sp³-hybridized carbons (Fsp3) is 0.120. The molecule has 0 unspecified atom stereocenters. The maximum absolute atomic E-state index is 14.8. The van der Waals surface area contributed by atoms with Crippen molar-refractivity contribution in [2.75, 3.05) is 11.9 Å². The number of hydrogen-bond acceptors (Lipinski definition) is 6. The highest BCUT2D eigenvalue weighted by atomic mass is 19.1. The van der Waals surface area contributed by atoms with Crippen LogP contribution in [0.2, 0.25) is 0 Å². The highest BCUT2D eigenvalue weighted by molar-refractivity contribution is 6.37. The molecule has 0 saturated heterocycles. The Hall–Kier alpha value is -4.29. The molecule has 0 amide bonds. The van der Waals surface area contributed by atoms with Crippen molar-refractivity contribution in [3.63, 3.8) is 0 Å². The van der Waals surface area contributed by atoms with E-state index < -0.39 is 12.4 Å². The molecule has 9 heteroatoms. The molecule has 4 rings (SSSR count). The van der Waals surface area contributed by atoms with Gasteiger partial charge in [-0.3, -0.25) is 19.8 Å².